The summed E-state index contributed by atoms with van der Waals surface area (Å²) < 4.78 is 7.65. The fraction of sp³-hybridized carbons (Fsp3) is 0.800. The Balaban J connectivity index is 1.51. The largest absolute Gasteiger partial charge is 0.381 e. The van der Waals surface area contributed by atoms with Crippen molar-refractivity contribution < 1.29 is 4.74 Å². The highest BCUT2D eigenvalue weighted by atomic mass is 16.5. The van der Waals surface area contributed by atoms with Gasteiger partial charge in [0.1, 0.15) is 0 Å². The molecule has 1 unspecified atom stereocenters. The quantitative estimate of drug-likeness (QED) is 0.661. The Hall–Kier alpha value is -0.870. The smallest absolute Gasteiger partial charge is 0.0762 e. The van der Waals surface area contributed by atoms with Crippen molar-refractivity contribution in [2.45, 2.75) is 52.1 Å². The molecule has 1 fully saturated rings. The Morgan fingerprint density at radius 1 is 1.53 bits per heavy atom. The molecule has 1 aliphatic carbocycles. The van der Waals surface area contributed by atoms with Gasteiger partial charge in [-0.25, -0.2) is 0 Å². The fourth-order valence-corrected chi connectivity index (χ4v) is 1.95. The molecule has 0 amide bonds. The van der Waals surface area contributed by atoms with E-state index in [4.69, 9.17) is 4.74 Å². The molecule has 1 N–H and O–H groups in total. The lowest BCUT2D eigenvalue weighted by atomic mass is 10.3. The van der Waals surface area contributed by atoms with E-state index in [0.29, 0.717) is 6.04 Å². The predicted molar refractivity (Wildman–Crippen MR) is 77.1 cm³/mol. The summed E-state index contributed by atoms with van der Waals surface area (Å²) in [5, 5.41) is 7.99. The molecule has 0 saturated heterocycles. The van der Waals surface area contributed by atoms with E-state index in [1.807, 2.05) is 0 Å². The van der Waals surface area contributed by atoms with Gasteiger partial charge in [-0.3, -0.25) is 4.68 Å². The molecule has 1 aliphatic rings. The third-order valence-electron chi connectivity index (χ3n) is 3.70. The van der Waals surface area contributed by atoms with Gasteiger partial charge in [-0.05, 0) is 51.1 Å². The number of hydrogen-bond donors (Lipinski definition) is 1. The first-order valence-electron chi connectivity index (χ1n) is 7.62. The molecule has 1 atom stereocenters. The second kappa shape index (κ2) is 7.65. The summed E-state index contributed by atoms with van der Waals surface area (Å²) in [5.41, 5.74) is 1.12. The number of hydrogen-bond acceptors (Lipinski definition) is 3. The van der Waals surface area contributed by atoms with Crippen molar-refractivity contribution >= 4 is 0 Å². The van der Waals surface area contributed by atoms with E-state index in [1.165, 1.54) is 12.8 Å². The maximum Gasteiger partial charge on any atom is 0.0762 e. The summed E-state index contributed by atoms with van der Waals surface area (Å²) in [6.07, 6.45) is 7.02. The second-order valence-electron chi connectivity index (χ2n) is 5.59. The van der Waals surface area contributed by atoms with E-state index in [0.717, 1.165) is 50.8 Å². The molecular weight excluding hydrogens is 238 g/mol. The Bertz CT molecular complexity index is 360. The minimum Gasteiger partial charge on any atom is -0.381 e. The molecule has 1 heterocycles. The van der Waals surface area contributed by atoms with Crippen LogP contribution in [0.4, 0.5) is 0 Å². The molecule has 4 heteroatoms. The van der Waals surface area contributed by atoms with Gasteiger partial charge in [0.15, 0.2) is 0 Å². The van der Waals surface area contributed by atoms with Crippen LogP contribution in [0.5, 0.6) is 0 Å². The molecular formula is C15H27N3O. The van der Waals surface area contributed by atoms with E-state index >= 15 is 0 Å². The Kier molecular flexibility index (Phi) is 5.86. The molecule has 2 rings (SSSR count). The van der Waals surface area contributed by atoms with Gasteiger partial charge in [-0.2, -0.15) is 5.10 Å². The molecule has 0 aromatic carbocycles. The van der Waals surface area contributed by atoms with Crippen LogP contribution in [0, 0.1) is 5.92 Å². The summed E-state index contributed by atoms with van der Waals surface area (Å²) in [6, 6.07) is 2.59. The van der Waals surface area contributed by atoms with Crippen LogP contribution in [-0.4, -0.2) is 29.5 Å². The minimum absolute atomic E-state index is 0.490. The number of ether oxygens (including phenoxy) is 1. The molecule has 1 aromatic heterocycles. The van der Waals surface area contributed by atoms with Gasteiger partial charge >= 0.3 is 0 Å². The average Bonchev–Trinajstić information content (AvgIpc) is 3.13. The zero-order chi connectivity index (χ0) is 13.5. The normalized spacial score (nSPS) is 16.7. The maximum absolute atomic E-state index is 5.60. The van der Waals surface area contributed by atoms with E-state index < -0.39 is 0 Å². The average molecular weight is 265 g/mol. The zero-order valence-corrected chi connectivity index (χ0v) is 12.3. The predicted octanol–water partition coefficient (Wildman–Crippen LogP) is 2.76. The molecule has 4 nitrogen and oxygen atoms in total. The molecule has 19 heavy (non-hydrogen) atoms. The summed E-state index contributed by atoms with van der Waals surface area (Å²) in [4.78, 5) is 0. The van der Waals surface area contributed by atoms with Gasteiger partial charge in [-0.15, -0.1) is 0 Å². The lowest BCUT2D eigenvalue weighted by Gasteiger charge is -2.08. The van der Waals surface area contributed by atoms with Crippen LogP contribution in [0.15, 0.2) is 12.3 Å². The number of nitrogens with one attached hydrogen (secondary N) is 1. The van der Waals surface area contributed by atoms with Crippen molar-refractivity contribution in [1.82, 2.24) is 15.1 Å². The summed E-state index contributed by atoms with van der Waals surface area (Å²) >= 11 is 0. The number of aromatic nitrogens is 2. The van der Waals surface area contributed by atoms with E-state index in [9.17, 15) is 0 Å². The van der Waals surface area contributed by atoms with Crippen LogP contribution < -0.4 is 5.32 Å². The van der Waals surface area contributed by atoms with Crippen molar-refractivity contribution in [2.75, 3.05) is 19.8 Å². The summed E-state index contributed by atoms with van der Waals surface area (Å²) in [7, 11) is 0. The third-order valence-corrected chi connectivity index (χ3v) is 3.70. The second-order valence-corrected chi connectivity index (χ2v) is 5.59. The molecule has 0 radical (unpaired) electrons. The highest BCUT2D eigenvalue weighted by molar-refractivity contribution is 4.99. The molecule has 1 saturated carbocycles. The van der Waals surface area contributed by atoms with E-state index in [-0.39, 0.29) is 0 Å². The van der Waals surface area contributed by atoms with Crippen LogP contribution in [0.25, 0.3) is 0 Å². The van der Waals surface area contributed by atoms with Crippen LogP contribution in [-0.2, 0) is 11.3 Å². The van der Waals surface area contributed by atoms with E-state index in [1.54, 1.807) is 0 Å². The summed E-state index contributed by atoms with van der Waals surface area (Å²) in [6.45, 7) is 8.09. The number of rotatable bonds is 10. The molecule has 0 aliphatic heterocycles. The first kappa shape index (κ1) is 14.5. The Labute approximate surface area is 116 Å². The van der Waals surface area contributed by atoms with Gasteiger partial charge in [0, 0.05) is 32.0 Å². The standard InChI is InChI=1S/C15H27N3O/c1-3-13(2)18-9-7-15(17-18)11-16-8-4-10-19-12-14-5-6-14/h7,9,13-14,16H,3-6,8,10-12H2,1-2H3. The van der Waals surface area contributed by atoms with Gasteiger partial charge in [0.25, 0.3) is 0 Å². The van der Waals surface area contributed by atoms with Crippen LogP contribution >= 0.6 is 0 Å². The number of nitrogens with zero attached hydrogens (tertiary/aromatic N) is 2. The Morgan fingerprint density at radius 3 is 3.11 bits per heavy atom. The van der Waals surface area contributed by atoms with Crippen molar-refractivity contribution in [3.63, 3.8) is 0 Å². The highest BCUT2D eigenvalue weighted by Crippen LogP contribution is 2.28. The van der Waals surface area contributed by atoms with E-state index in [2.05, 4.69) is 41.2 Å². The highest BCUT2D eigenvalue weighted by Gasteiger charge is 2.20. The lowest BCUT2D eigenvalue weighted by Crippen LogP contribution is -2.17. The van der Waals surface area contributed by atoms with Crippen LogP contribution in [0.3, 0.4) is 0 Å². The van der Waals surface area contributed by atoms with Crippen molar-refractivity contribution in [1.29, 1.82) is 0 Å². The zero-order valence-electron chi connectivity index (χ0n) is 12.3. The monoisotopic (exact) mass is 265 g/mol. The van der Waals surface area contributed by atoms with Gasteiger partial charge in [0.2, 0.25) is 0 Å². The lowest BCUT2D eigenvalue weighted by molar-refractivity contribution is 0.122. The van der Waals surface area contributed by atoms with Gasteiger partial charge in [0.05, 0.1) is 5.69 Å². The first-order chi connectivity index (χ1) is 9.29. The minimum atomic E-state index is 0.490. The third kappa shape index (κ3) is 5.33. The maximum atomic E-state index is 5.60. The molecule has 108 valence electrons. The first-order valence-corrected chi connectivity index (χ1v) is 7.62. The van der Waals surface area contributed by atoms with Gasteiger partial charge in [-0.1, -0.05) is 6.92 Å². The van der Waals surface area contributed by atoms with Crippen molar-refractivity contribution in [3.8, 4) is 0 Å². The molecule has 0 bridgehead atoms. The SMILES string of the molecule is CCC(C)n1ccc(CNCCCOCC2CC2)n1. The fourth-order valence-electron chi connectivity index (χ4n) is 1.95. The van der Waals surface area contributed by atoms with Crippen molar-refractivity contribution in [2.24, 2.45) is 5.92 Å². The molecule has 0 spiro atoms. The summed E-state index contributed by atoms with van der Waals surface area (Å²) in [5.74, 6) is 0.873. The topological polar surface area (TPSA) is 39.1 Å². The van der Waals surface area contributed by atoms with Crippen molar-refractivity contribution in [3.05, 3.63) is 18.0 Å². The molecule has 1 aromatic rings. The van der Waals surface area contributed by atoms with Crippen LogP contribution in [0.2, 0.25) is 0 Å². The Morgan fingerprint density at radius 2 is 2.37 bits per heavy atom. The van der Waals surface area contributed by atoms with Crippen LogP contribution in [0.1, 0.15) is 51.3 Å². The van der Waals surface area contributed by atoms with Gasteiger partial charge < -0.3 is 10.1 Å².